The number of amides is 1. The molecule has 1 heterocycles. The molecule has 6 heteroatoms. The molecule has 0 bridgehead atoms. The zero-order valence-electron chi connectivity index (χ0n) is 14.5. The van der Waals surface area contributed by atoms with Crippen molar-refractivity contribution < 1.29 is 9.53 Å². The van der Waals surface area contributed by atoms with Crippen molar-refractivity contribution in [2.45, 2.75) is 20.3 Å². The van der Waals surface area contributed by atoms with Gasteiger partial charge in [0.05, 0.1) is 7.11 Å². The molecule has 1 amide bonds. The summed E-state index contributed by atoms with van der Waals surface area (Å²) in [4.78, 5) is 22.3. The summed E-state index contributed by atoms with van der Waals surface area (Å²) in [6.07, 6.45) is 2.26. The van der Waals surface area contributed by atoms with Gasteiger partial charge in [-0.15, -0.1) is 0 Å². The Balaban J connectivity index is 1.95. The number of hydrogen-bond acceptors (Lipinski definition) is 5. The normalized spacial score (nSPS) is 10.3. The molecule has 0 spiro atoms. The van der Waals surface area contributed by atoms with Crippen molar-refractivity contribution in [2.24, 2.45) is 0 Å². The molecule has 2 rings (SSSR count). The molecule has 1 aromatic carbocycles. The Bertz CT molecular complexity index is 672. The average Bonchev–Trinajstić information content (AvgIpc) is 2.63. The van der Waals surface area contributed by atoms with Gasteiger partial charge in [-0.25, -0.2) is 9.97 Å². The van der Waals surface area contributed by atoms with Crippen LogP contribution in [0, 0.1) is 0 Å². The number of anilines is 1. The Labute approximate surface area is 142 Å². The fourth-order valence-corrected chi connectivity index (χ4v) is 2.41. The summed E-state index contributed by atoms with van der Waals surface area (Å²) in [6, 6.07) is 9.66. The maximum absolute atomic E-state index is 12.3. The van der Waals surface area contributed by atoms with Gasteiger partial charge < -0.3 is 15.0 Å². The van der Waals surface area contributed by atoms with Crippen molar-refractivity contribution in [3.05, 3.63) is 47.9 Å². The first-order valence-electron chi connectivity index (χ1n) is 8.16. The lowest BCUT2D eigenvalue weighted by molar-refractivity contribution is 0.0767. The van der Waals surface area contributed by atoms with Crippen molar-refractivity contribution in [2.75, 3.05) is 32.1 Å². The van der Waals surface area contributed by atoms with Crippen LogP contribution in [-0.2, 0) is 6.42 Å². The van der Waals surface area contributed by atoms with Gasteiger partial charge in [0.15, 0.2) is 0 Å². The standard InChI is InChI=1S/C18H24N4O2/c1-4-22(5-2)18(23)16-12-17(21-13-20-16)19-10-9-14-7-6-8-15(11-14)24-3/h6-8,11-13H,4-5,9-10H2,1-3H3,(H,19,20,21). The first-order valence-corrected chi connectivity index (χ1v) is 8.16. The van der Waals surface area contributed by atoms with Crippen LogP contribution < -0.4 is 10.1 Å². The van der Waals surface area contributed by atoms with Gasteiger partial charge in [0.1, 0.15) is 23.6 Å². The van der Waals surface area contributed by atoms with Crippen LogP contribution in [0.5, 0.6) is 5.75 Å². The summed E-state index contributed by atoms with van der Waals surface area (Å²) >= 11 is 0. The van der Waals surface area contributed by atoms with Crippen LogP contribution in [0.3, 0.4) is 0 Å². The lowest BCUT2D eigenvalue weighted by Crippen LogP contribution is -2.31. The number of carbonyl (C=O) groups is 1. The van der Waals surface area contributed by atoms with E-state index < -0.39 is 0 Å². The number of ether oxygens (including phenoxy) is 1. The van der Waals surface area contributed by atoms with E-state index >= 15 is 0 Å². The van der Waals surface area contributed by atoms with Gasteiger partial charge in [0, 0.05) is 25.7 Å². The second-order valence-electron chi connectivity index (χ2n) is 5.29. The molecule has 1 N–H and O–H groups in total. The smallest absolute Gasteiger partial charge is 0.272 e. The molecule has 0 saturated heterocycles. The van der Waals surface area contributed by atoms with Crippen LogP contribution in [0.15, 0.2) is 36.7 Å². The molecule has 24 heavy (non-hydrogen) atoms. The van der Waals surface area contributed by atoms with Crippen LogP contribution in [0.1, 0.15) is 29.9 Å². The fraction of sp³-hybridized carbons (Fsp3) is 0.389. The molecule has 1 aromatic heterocycles. The van der Waals surface area contributed by atoms with Crippen molar-refractivity contribution in [3.8, 4) is 5.75 Å². The first kappa shape index (κ1) is 17.7. The van der Waals surface area contributed by atoms with Crippen LogP contribution >= 0.6 is 0 Å². The van der Waals surface area contributed by atoms with Crippen LogP contribution in [0.25, 0.3) is 0 Å². The summed E-state index contributed by atoms with van der Waals surface area (Å²) in [7, 11) is 1.66. The minimum Gasteiger partial charge on any atom is -0.497 e. The van der Waals surface area contributed by atoms with Gasteiger partial charge in [-0.3, -0.25) is 4.79 Å². The van der Waals surface area contributed by atoms with E-state index in [2.05, 4.69) is 21.4 Å². The topological polar surface area (TPSA) is 67.4 Å². The minimum absolute atomic E-state index is 0.0711. The van der Waals surface area contributed by atoms with Crippen molar-refractivity contribution in [1.82, 2.24) is 14.9 Å². The lowest BCUT2D eigenvalue weighted by atomic mass is 10.1. The summed E-state index contributed by atoms with van der Waals surface area (Å²) in [6.45, 7) is 5.95. The Morgan fingerprint density at radius 3 is 2.71 bits per heavy atom. The zero-order chi connectivity index (χ0) is 17.4. The van der Waals surface area contributed by atoms with Crippen molar-refractivity contribution >= 4 is 11.7 Å². The molecule has 0 aliphatic rings. The SMILES string of the molecule is CCN(CC)C(=O)c1cc(NCCc2cccc(OC)c2)ncn1. The van der Waals surface area contributed by atoms with Gasteiger partial charge in [-0.2, -0.15) is 0 Å². The lowest BCUT2D eigenvalue weighted by Gasteiger charge is -2.18. The van der Waals surface area contributed by atoms with E-state index in [1.54, 1.807) is 18.1 Å². The molecule has 2 aromatic rings. The molecule has 128 valence electrons. The summed E-state index contributed by atoms with van der Waals surface area (Å²) in [5, 5.41) is 3.24. The molecule has 0 atom stereocenters. The van der Waals surface area contributed by atoms with E-state index in [4.69, 9.17) is 4.74 Å². The number of nitrogens with one attached hydrogen (secondary N) is 1. The second-order valence-corrected chi connectivity index (χ2v) is 5.29. The highest BCUT2D eigenvalue weighted by atomic mass is 16.5. The van der Waals surface area contributed by atoms with Gasteiger partial charge in [-0.05, 0) is 38.0 Å². The van der Waals surface area contributed by atoms with Crippen molar-refractivity contribution in [3.63, 3.8) is 0 Å². The number of aromatic nitrogens is 2. The molecule has 0 radical (unpaired) electrons. The maximum Gasteiger partial charge on any atom is 0.272 e. The molecule has 0 aliphatic heterocycles. The number of hydrogen-bond donors (Lipinski definition) is 1. The summed E-state index contributed by atoms with van der Waals surface area (Å²) in [5.74, 6) is 1.43. The Hall–Kier alpha value is -2.63. The van der Waals surface area contributed by atoms with Crippen molar-refractivity contribution in [1.29, 1.82) is 0 Å². The Morgan fingerprint density at radius 1 is 1.21 bits per heavy atom. The van der Waals surface area contributed by atoms with Gasteiger partial charge in [-0.1, -0.05) is 12.1 Å². The Kier molecular flexibility index (Phi) is 6.54. The highest BCUT2D eigenvalue weighted by molar-refractivity contribution is 5.92. The number of carbonyl (C=O) groups excluding carboxylic acids is 1. The molecule has 6 nitrogen and oxygen atoms in total. The zero-order valence-corrected chi connectivity index (χ0v) is 14.5. The highest BCUT2D eigenvalue weighted by Gasteiger charge is 2.14. The largest absolute Gasteiger partial charge is 0.497 e. The van der Waals surface area contributed by atoms with E-state index in [1.807, 2.05) is 32.0 Å². The molecule has 0 fully saturated rings. The van der Waals surface area contributed by atoms with Crippen LogP contribution in [0.4, 0.5) is 5.82 Å². The number of rotatable bonds is 8. The Morgan fingerprint density at radius 2 is 2.00 bits per heavy atom. The third-order valence-corrected chi connectivity index (χ3v) is 3.79. The highest BCUT2D eigenvalue weighted by Crippen LogP contribution is 2.13. The monoisotopic (exact) mass is 328 g/mol. The van der Waals surface area contributed by atoms with E-state index in [0.29, 0.717) is 31.1 Å². The molecule has 0 unspecified atom stereocenters. The van der Waals surface area contributed by atoms with E-state index in [9.17, 15) is 4.79 Å². The minimum atomic E-state index is -0.0711. The van der Waals surface area contributed by atoms with E-state index in [0.717, 1.165) is 12.2 Å². The van der Waals surface area contributed by atoms with Crippen LogP contribution in [-0.4, -0.2) is 47.5 Å². The third kappa shape index (κ3) is 4.68. The molecular weight excluding hydrogens is 304 g/mol. The number of methoxy groups -OCH3 is 1. The number of nitrogens with zero attached hydrogens (tertiary/aromatic N) is 3. The number of benzene rings is 1. The second kappa shape index (κ2) is 8.86. The van der Waals surface area contributed by atoms with Gasteiger partial charge >= 0.3 is 0 Å². The first-order chi connectivity index (χ1) is 11.7. The van der Waals surface area contributed by atoms with E-state index in [-0.39, 0.29) is 5.91 Å². The van der Waals surface area contributed by atoms with E-state index in [1.165, 1.54) is 11.9 Å². The third-order valence-electron chi connectivity index (χ3n) is 3.79. The quantitative estimate of drug-likeness (QED) is 0.807. The predicted molar refractivity (Wildman–Crippen MR) is 94.5 cm³/mol. The summed E-state index contributed by atoms with van der Waals surface area (Å²) < 4.78 is 5.22. The van der Waals surface area contributed by atoms with Gasteiger partial charge in [0.25, 0.3) is 5.91 Å². The molecule has 0 aliphatic carbocycles. The fourth-order valence-electron chi connectivity index (χ4n) is 2.41. The average molecular weight is 328 g/mol. The predicted octanol–water partition coefficient (Wildman–Crippen LogP) is 2.62. The van der Waals surface area contributed by atoms with Gasteiger partial charge in [0.2, 0.25) is 0 Å². The molecule has 0 saturated carbocycles. The molecular formula is C18H24N4O2. The van der Waals surface area contributed by atoms with Crippen LogP contribution in [0.2, 0.25) is 0 Å². The maximum atomic E-state index is 12.3. The summed E-state index contributed by atoms with van der Waals surface area (Å²) in [5.41, 5.74) is 1.59.